The zero-order chi connectivity index (χ0) is 19.7. The van der Waals surface area contributed by atoms with Crippen molar-refractivity contribution in [2.45, 2.75) is 25.6 Å². The first kappa shape index (κ1) is 19.0. The number of aryl methyl sites for hydroxylation is 1. The van der Waals surface area contributed by atoms with Crippen LogP contribution < -0.4 is 10.1 Å². The summed E-state index contributed by atoms with van der Waals surface area (Å²) in [6.07, 6.45) is 0.482. The maximum atomic E-state index is 10.4. The number of nitrogens with one attached hydrogen (secondary N) is 1. The summed E-state index contributed by atoms with van der Waals surface area (Å²) in [5.74, 6) is 1.05. The number of rotatable bonds is 4. The number of nitrogens with zero attached hydrogens (tertiary/aromatic N) is 1. The number of methoxy groups -OCH3 is 1. The van der Waals surface area contributed by atoms with E-state index in [1.165, 1.54) is 10.4 Å². The zero-order valence-electron chi connectivity index (χ0n) is 15.6. The van der Waals surface area contributed by atoms with E-state index in [0.29, 0.717) is 11.4 Å². The van der Waals surface area contributed by atoms with E-state index in [1.54, 1.807) is 30.6 Å². The Hall–Kier alpha value is -2.34. The van der Waals surface area contributed by atoms with Gasteiger partial charge in [0.05, 0.1) is 7.11 Å². The predicted octanol–water partition coefficient (Wildman–Crippen LogP) is 5.65. The molecule has 0 amide bonds. The van der Waals surface area contributed by atoms with Gasteiger partial charge in [0, 0.05) is 33.6 Å². The fraction of sp³-hybridized carbons (Fsp3) is 0.227. The third-order valence-corrected chi connectivity index (χ3v) is 6.29. The molecule has 2 aromatic carbocycles. The molecule has 2 atom stereocenters. The van der Waals surface area contributed by atoms with E-state index in [4.69, 9.17) is 21.3 Å². The number of hydrogen-bond acceptors (Lipinski definition) is 5. The number of hydrogen-bond donors (Lipinski definition) is 2. The van der Waals surface area contributed by atoms with E-state index in [0.717, 1.165) is 22.6 Å². The Morgan fingerprint density at radius 3 is 2.64 bits per heavy atom. The third-order valence-electron chi connectivity index (χ3n) is 4.98. The van der Waals surface area contributed by atoms with Crippen LogP contribution in [0.2, 0.25) is 5.02 Å². The van der Waals surface area contributed by atoms with Crippen LogP contribution in [0.4, 0.5) is 0 Å². The minimum absolute atomic E-state index is 0.0974. The highest BCUT2D eigenvalue weighted by Crippen LogP contribution is 2.37. The monoisotopic (exact) mass is 412 g/mol. The van der Waals surface area contributed by atoms with Crippen molar-refractivity contribution in [3.05, 3.63) is 80.5 Å². The Morgan fingerprint density at radius 1 is 1.18 bits per heavy atom. The molecule has 4 nitrogen and oxygen atoms in total. The van der Waals surface area contributed by atoms with E-state index in [9.17, 15) is 5.11 Å². The second-order valence-corrected chi connectivity index (χ2v) is 8.19. The van der Waals surface area contributed by atoms with Crippen LogP contribution in [0.25, 0.3) is 0 Å². The molecule has 6 heteroatoms. The molecular formula is C22H21ClN2O2S. The van der Waals surface area contributed by atoms with Gasteiger partial charge in [-0.05, 0) is 72.0 Å². The number of aromatic hydroxyl groups is 1. The highest BCUT2D eigenvalue weighted by Gasteiger charge is 2.29. The van der Waals surface area contributed by atoms with Gasteiger partial charge < -0.3 is 9.84 Å². The number of phenols is 1. The maximum Gasteiger partial charge on any atom is 0.135 e. The summed E-state index contributed by atoms with van der Waals surface area (Å²) < 4.78 is 5.27. The minimum atomic E-state index is -0.172. The minimum Gasteiger partial charge on any atom is -0.508 e. The van der Waals surface area contributed by atoms with Crippen LogP contribution in [0.3, 0.4) is 0 Å². The van der Waals surface area contributed by atoms with Crippen molar-refractivity contribution in [1.82, 2.24) is 5.32 Å². The zero-order valence-corrected chi connectivity index (χ0v) is 17.2. The van der Waals surface area contributed by atoms with Gasteiger partial charge in [-0.25, -0.2) is 0 Å². The number of ether oxygens (including phenoxy) is 1. The van der Waals surface area contributed by atoms with E-state index < -0.39 is 0 Å². The van der Waals surface area contributed by atoms with Crippen LogP contribution in [0.1, 0.15) is 40.2 Å². The van der Waals surface area contributed by atoms with Gasteiger partial charge in [0.15, 0.2) is 0 Å². The molecule has 1 aromatic heterocycles. The van der Waals surface area contributed by atoms with Crippen molar-refractivity contribution >= 4 is 28.6 Å². The van der Waals surface area contributed by atoms with Crippen molar-refractivity contribution in [2.75, 3.05) is 7.11 Å². The fourth-order valence-corrected chi connectivity index (χ4v) is 4.57. The lowest BCUT2D eigenvalue weighted by atomic mass is 9.94. The molecular weight excluding hydrogens is 392 g/mol. The lowest BCUT2D eigenvalue weighted by molar-refractivity contribution is 0.413. The molecule has 0 aliphatic carbocycles. The molecule has 0 radical (unpaired) electrons. The molecule has 2 heterocycles. The summed E-state index contributed by atoms with van der Waals surface area (Å²) in [6, 6.07) is 15.1. The van der Waals surface area contributed by atoms with Crippen LogP contribution in [0.5, 0.6) is 11.5 Å². The Morgan fingerprint density at radius 2 is 1.96 bits per heavy atom. The molecule has 4 rings (SSSR count). The van der Waals surface area contributed by atoms with Crippen LogP contribution in [-0.4, -0.2) is 17.9 Å². The summed E-state index contributed by atoms with van der Waals surface area (Å²) in [6.45, 7) is 2.09. The van der Waals surface area contributed by atoms with Gasteiger partial charge in [0.1, 0.15) is 17.7 Å². The molecule has 1 aliphatic heterocycles. The van der Waals surface area contributed by atoms with Gasteiger partial charge in [-0.1, -0.05) is 11.6 Å². The van der Waals surface area contributed by atoms with Gasteiger partial charge in [0.2, 0.25) is 0 Å². The van der Waals surface area contributed by atoms with Gasteiger partial charge in [-0.3, -0.25) is 10.3 Å². The van der Waals surface area contributed by atoms with E-state index >= 15 is 0 Å². The Labute approximate surface area is 173 Å². The highest BCUT2D eigenvalue weighted by molar-refractivity contribution is 7.10. The molecule has 0 saturated heterocycles. The first-order valence-corrected chi connectivity index (χ1v) is 10.3. The molecule has 144 valence electrons. The van der Waals surface area contributed by atoms with E-state index in [-0.39, 0.29) is 18.0 Å². The number of phenolic OH excluding ortho intramolecular Hbond substituents is 1. The summed E-state index contributed by atoms with van der Waals surface area (Å²) in [7, 11) is 1.66. The molecule has 0 bridgehead atoms. The molecule has 2 N–H and O–H groups in total. The second kappa shape index (κ2) is 7.95. The Bertz CT molecular complexity index is 1010. The van der Waals surface area contributed by atoms with Crippen molar-refractivity contribution in [2.24, 2.45) is 4.99 Å². The topological polar surface area (TPSA) is 53.8 Å². The van der Waals surface area contributed by atoms with Gasteiger partial charge >= 0.3 is 0 Å². The quantitative estimate of drug-likeness (QED) is 0.582. The largest absolute Gasteiger partial charge is 0.508 e. The van der Waals surface area contributed by atoms with Crippen molar-refractivity contribution in [3.63, 3.8) is 0 Å². The average molecular weight is 413 g/mol. The van der Waals surface area contributed by atoms with Gasteiger partial charge in [-0.15, -0.1) is 11.3 Å². The maximum absolute atomic E-state index is 10.4. The molecule has 2 unspecified atom stereocenters. The van der Waals surface area contributed by atoms with Crippen LogP contribution in [-0.2, 0) is 0 Å². The van der Waals surface area contributed by atoms with Crippen LogP contribution in [0.15, 0.2) is 58.9 Å². The second-order valence-electron chi connectivity index (χ2n) is 6.80. The molecule has 3 aromatic rings. The number of benzene rings is 2. The summed E-state index contributed by atoms with van der Waals surface area (Å²) in [5, 5.41) is 16.7. The van der Waals surface area contributed by atoms with Crippen molar-refractivity contribution in [1.29, 1.82) is 0 Å². The summed E-state index contributed by atoms with van der Waals surface area (Å²) >= 11 is 7.89. The van der Waals surface area contributed by atoms with Crippen molar-refractivity contribution < 1.29 is 9.84 Å². The Kier molecular flexibility index (Phi) is 5.40. The van der Waals surface area contributed by atoms with Gasteiger partial charge in [-0.2, -0.15) is 0 Å². The first-order valence-electron chi connectivity index (χ1n) is 9.04. The van der Waals surface area contributed by atoms with E-state index in [2.05, 4.69) is 23.7 Å². The van der Waals surface area contributed by atoms with Gasteiger partial charge in [0.25, 0.3) is 0 Å². The number of aliphatic imine (C=N–C) groups is 1. The number of thiophene rings is 1. The van der Waals surface area contributed by atoms with Crippen molar-refractivity contribution in [3.8, 4) is 11.5 Å². The Balaban J connectivity index is 1.75. The fourth-order valence-electron chi connectivity index (χ4n) is 3.47. The normalized spacial score (nSPS) is 19.3. The molecule has 1 aliphatic rings. The third kappa shape index (κ3) is 3.78. The van der Waals surface area contributed by atoms with Crippen LogP contribution >= 0.6 is 22.9 Å². The highest BCUT2D eigenvalue weighted by atomic mass is 35.5. The summed E-state index contributed by atoms with van der Waals surface area (Å²) in [5.41, 5.74) is 4.03. The smallest absolute Gasteiger partial charge is 0.135 e. The molecule has 0 saturated carbocycles. The van der Waals surface area contributed by atoms with Crippen LogP contribution in [0, 0.1) is 6.92 Å². The standard InChI is InChI=1S/C22H21ClN2O2S/c1-13-9-10-28-21(13)22-24-18(14-3-6-16(27-2)7-4-14)12-19(25-22)17-11-15(23)5-8-20(17)26/h3-11,19,22,25-26H,12H2,1-2H3. The predicted molar refractivity (Wildman–Crippen MR) is 115 cm³/mol. The lowest BCUT2D eigenvalue weighted by Crippen LogP contribution is -2.33. The summed E-state index contributed by atoms with van der Waals surface area (Å²) in [4.78, 5) is 6.18. The molecule has 28 heavy (non-hydrogen) atoms. The lowest BCUT2D eigenvalue weighted by Gasteiger charge is -2.30. The van der Waals surface area contributed by atoms with E-state index in [1.807, 2.05) is 30.3 Å². The SMILES string of the molecule is COc1ccc(C2=NC(c3sccc3C)NC(c3cc(Cl)ccc3O)C2)cc1. The average Bonchev–Trinajstić information content (AvgIpc) is 3.15. The first-order chi connectivity index (χ1) is 13.5. The molecule has 0 spiro atoms. The molecule has 0 fully saturated rings. The number of halogens is 1.